The molecular weight excluding hydrogens is 583 g/mol. The van der Waals surface area contributed by atoms with E-state index in [0.29, 0.717) is 43.2 Å². The molecule has 1 saturated heterocycles. The van der Waals surface area contributed by atoms with Crippen molar-refractivity contribution in [2.75, 3.05) is 69.7 Å². The first kappa shape index (κ1) is 34.3. The van der Waals surface area contributed by atoms with Gasteiger partial charge in [-0.05, 0) is 23.8 Å². The third-order valence-electron chi connectivity index (χ3n) is 5.76. The predicted octanol–water partition coefficient (Wildman–Crippen LogP) is 1.51. The van der Waals surface area contributed by atoms with Gasteiger partial charge < -0.3 is 30.3 Å². The van der Waals surface area contributed by atoms with E-state index in [1.165, 1.54) is 19.1 Å². The van der Waals surface area contributed by atoms with Crippen LogP contribution in [0.4, 0.5) is 24.5 Å². The molecular formula is C26H34F3N5O7S. The summed E-state index contributed by atoms with van der Waals surface area (Å²) < 4.78 is 65.3. The minimum atomic E-state index is -5.08. The highest BCUT2D eigenvalue weighted by atomic mass is 32.2. The van der Waals surface area contributed by atoms with Crippen LogP contribution < -0.4 is 20.3 Å². The van der Waals surface area contributed by atoms with E-state index in [0.717, 1.165) is 13.1 Å². The van der Waals surface area contributed by atoms with Crippen molar-refractivity contribution in [2.45, 2.75) is 11.9 Å². The van der Waals surface area contributed by atoms with Gasteiger partial charge in [-0.15, -0.1) is 0 Å². The molecule has 0 spiro atoms. The monoisotopic (exact) mass is 617 g/mol. The molecule has 232 valence electrons. The van der Waals surface area contributed by atoms with Gasteiger partial charge in [0.05, 0.1) is 30.3 Å². The van der Waals surface area contributed by atoms with Crippen LogP contribution in [0, 0.1) is 0 Å². The fourth-order valence-electron chi connectivity index (χ4n) is 3.79. The topological polar surface area (TPSA) is 157 Å². The molecule has 16 heteroatoms. The summed E-state index contributed by atoms with van der Waals surface area (Å²) in [5.41, 5.74) is 2.00. The zero-order valence-electron chi connectivity index (χ0n) is 23.1. The maximum absolute atomic E-state index is 13.0. The van der Waals surface area contributed by atoms with Crippen molar-refractivity contribution < 1.29 is 45.8 Å². The molecule has 4 N–H and O–H groups in total. The minimum absolute atomic E-state index is 0.128. The number of hydrogen-bond donors (Lipinski definition) is 4. The van der Waals surface area contributed by atoms with Crippen molar-refractivity contribution in [2.24, 2.45) is 0 Å². The first-order chi connectivity index (χ1) is 19.7. The van der Waals surface area contributed by atoms with Crippen LogP contribution in [0.25, 0.3) is 0 Å². The molecule has 1 fully saturated rings. The van der Waals surface area contributed by atoms with Gasteiger partial charge >= 0.3 is 12.1 Å². The number of ether oxygens (including phenoxy) is 1. The van der Waals surface area contributed by atoms with E-state index in [-0.39, 0.29) is 29.7 Å². The van der Waals surface area contributed by atoms with Crippen molar-refractivity contribution in [3.63, 3.8) is 0 Å². The summed E-state index contributed by atoms with van der Waals surface area (Å²) in [6.45, 7) is 3.57. The molecule has 42 heavy (non-hydrogen) atoms. The number of piperazine rings is 1. The second-order valence-corrected chi connectivity index (χ2v) is 10.8. The fourth-order valence-corrected chi connectivity index (χ4v) is 4.99. The number of hydrogen-bond acceptors (Lipinski definition) is 8. The SMILES string of the molecule is COCCNC(=O)CN(C)C(=O)c1ccc(N2CCNCC2)c(NS(=O)(=O)Cc2ccccc2)c1.O=C(O)C(F)(F)F. The Kier molecular flexibility index (Phi) is 13.0. The lowest BCUT2D eigenvalue weighted by atomic mass is 10.1. The number of carbonyl (C=O) groups is 3. The van der Waals surface area contributed by atoms with Crippen LogP contribution in [0.5, 0.6) is 0 Å². The van der Waals surface area contributed by atoms with Gasteiger partial charge in [-0.25, -0.2) is 13.2 Å². The number of sulfonamides is 1. The van der Waals surface area contributed by atoms with Gasteiger partial charge in [-0.2, -0.15) is 13.2 Å². The standard InChI is InChI=1S/C24H33N5O5S.C2HF3O2/c1-28(17-23(30)26-12-15-34-2)24(31)20-8-9-22(29-13-10-25-11-14-29)21(16-20)27-35(32,33)18-19-6-4-3-5-7-19;3-2(4,5)1(6)7/h3-9,16,25,27H,10-15,17-18H2,1-2H3,(H,26,30);(H,6,7). The summed E-state index contributed by atoms with van der Waals surface area (Å²) in [6.07, 6.45) is -5.08. The Labute approximate surface area is 241 Å². The Morgan fingerprint density at radius 2 is 1.71 bits per heavy atom. The van der Waals surface area contributed by atoms with E-state index >= 15 is 0 Å². The number of alkyl halides is 3. The first-order valence-electron chi connectivity index (χ1n) is 12.7. The van der Waals surface area contributed by atoms with Crippen LogP contribution in [-0.4, -0.2) is 102 Å². The fraction of sp³-hybridized carbons (Fsp3) is 0.423. The Morgan fingerprint density at radius 3 is 2.29 bits per heavy atom. The number of carboxylic acid groups (broad SMARTS) is 1. The lowest BCUT2D eigenvalue weighted by molar-refractivity contribution is -0.192. The van der Waals surface area contributed by atoms with E-state index in [4.69, 9.17) is 14.6 Å². The summed E-state index contributed by atoms with van der Waals surface area (Å²) in [6, 6.07) is 13.9. The lowest BCUT2D eigenvalue weighted by Gasteiger charge is -2.31. The number of rotatable bonds is 11. The van der Waals surface area contributed by atoms with E-state index < -0.39 is 22.2 Å². The Morgan fingerprint density at radius 1 is 1.10 bits per heavy atom. The summed E-state index contributed by atoms with van der Waals surface area (Å²) >= 11 is 0. The van der Waals surface area contributed by atoms with Crippen molar-refractivity contribution >= 4 is 39.2 Å². The van der Waals surface area contributed by atoms with Crippen LogP contribution in [-0.2, 0) is 30.1 Å². The average Bonchev–Trinajstić information content (AvgIpc) is 2.93. The zero-order chi connectivity index (χ0) is 31.3. The maximum atomic E-state index is 13.0. The van der Waals surface area contributed by atoms with Crippen molar-refractivity contribution in [1.82, 2.24) is 15.5 Å². The van der Waals surface area contributed by atoms with Crippen molar-refractivity contribution in [3.05, 3.63) is 59.7 Å². The third kappa shape index (κ3) is 11.5. The van der Waals surface area contributed by atoms with Gasteiger partial charge in [0.1, 0.15) is 0 Å². The summed E-state index contributed by atoms with van der Waals surface area (Å²) in [5, 5.41) is 13.1. The van der Waals surface area contributed by atoms with Gasteiger partial charge in [0, 0.05) is 52.4 Å². The first-order valence-corrected chi connectivity index (χ1v) is 14.3. The molecule has 0 saturated carbocycles. The van der Waals surface area contributed by atoms with Crippen LogP contribution in [0.3, 0.4) is 0 Å². The summed E-state index contributed by atoms with van der Waals surface area (Å²) in [4.78, 5) is 37.4. The van der Waals surface area contributed by atoms with Gasteiger partial charge in [-0.3, -0.25) is 14.3 Å². The number of carbonyl (C=O) groups excluding carboxylic acids is 2. The molecule has 1 heterocycles. The molecule has 2 amide bonds. The second kappa shape index (κ2) is 15.9. The van der Waals surface area contributed by atoms with Crippen molar-refractivity contribution in [3.8, 4) is 0 Å². The number of benzene rings is 2. The van der Waals surface area contributed by atoms with Crippen molar-refractivity contribution in [1.29, 1.82) is 0 Å². The quantitative estimate of drug-likeness (QED) is 0.275. The summed E-state index contributed by atoms with van der Waals surface area (Å²) in [5.74, 6) is -3.64. The number of likely N-dealkylation sites (N-methyl/N-ethyl adjacent to an activating group) is 1. The van der Waals surface area contributed by atoms with Crippen LogP contribution in [0.2, 0.25) is 0 Å². The molecule has 0 atom stereocenters. The third-order valence-corrected chi connectivity index (χ3v) is 7.01. The number of methoxy groups -OCH3 is 1. The molecule has 0 bridgehead atoms. The minimum Gasteiger partial charge on any atom is -0.475 e. The normalized spacial score (nSPS) is 13.4. The number of carboxylic acids is 1. The van der Waals surface area contributed by atoms with E-state index in [9.17, 15) is 31.2 Å². The number of nitrogens with one attached hydrogen (secondary N) is 3. The molecule has 0 radical (unpaired) electrons. The van der Waals surface area contributed by atoms with E-state index in [2.05, 4.69) is 20.3 Å². The number of nitrogens with zero attached hydrogens (tertiary/aromatic N) is 2. The molecule has 0 unspecified atom stereocenters. The van der Waals surface area contributed by atoms with Crippen LogP contribution in [0.15, 0.2) is 48.5 Å². The highest BCUT2D eigenvalue weighted by Crippen LogP contribution is 2.29. The smallest absolute Gasteiger partial charge is 0.475 e. The molecule has 1 aliphatic rings. The largest absolute Gasteiger partial charge is 0.490 e. The number of halogens is 3. The maximum Gasteiger partial charge on any atom is 0.490 e. The Bertz CT molecular complexity index is 1310. The molecule has 3 rings (SSSR count). The lowest BCUT2D eigenvalue weighted by Crippen LogP contribution is -2.44. The van der Waals surface area contributed by atoms with E-state index in [1.807, 2.05) is 6.07 Å². The van der Waals surface area contributed by atoms with E-state index in [1.54, 1.807) is 42.5 Å². The van der Waals surface area contributed by atoms with Crippen LogP contribution >= 0.6 is 0 Å². The van der Waals surface area contributed by atoms with Gasteiger partial charge in [0.25, 0.3) is 5.91 Å². The Balaban J connectivity index is 0.000000782. The number of aliphatic carboxylic acids is 1. The summed E-state index contributed by atoms with van der Waals surface area (Å²) in [7, 11) is -0.668. The van der Waals surface area contributed by atoms with Crippen LogP contribution in [0.1, 0.15) is 15.9 Å². The second-order valence-electron chi connectivity index (χ2n) is 9.12. The number of amides is 2. The highest BCUT2D eigenvalue weighted by Gasteiger charge is 2.38. The molecule has 0 aromatic heterocycles. The molecule has 2 aromatic carbocycles. The Hall–Kier alpha value is -3.89. The highest BCUT2D eigenvalue weighted by molar-refractivity contribution is 7.91. The average molecular weight is 618 g/mol. The zero-order valence-corrected chi connectivity index (χ0v) is 23.9. The van der Waals surface area contributed by atoms with Gasteiger partial charge in [0.2, 0.25) is 15.9 Å². The predicted molar refractivity (Wildman–Crippen MR) is 150 cm³/mol. The molecule has 12 nitrogen and oxygen atoms in total. The number of anilines is 2. The molecule has 2 aromatic rings. The van der Waals surface area contributed by atoms with Gasteiger partial charge in [0.15, 0.2) is 0 Å². The van der Waals surface area contributed by atoms with Gasteiger partial charge in [-0.1, -0.05) is 30.3 Å². The molecule has 0 aliphatic carbocycles. The molecule has 1 aliphatic heterocycles.